The van der Waals surface area contributed by atoms with Gasteiger partial charge in [0.2, 0.25) is 11.8 Å². The van der Waals surface area contributed by atoms with Crippen molar-refractivity contribution in [3.05, 3.63) is 29.8 Å². The maximum Gasteiger partial charge on any atom is 0.315 e. The molecular weight excluding hydrogens is 308 g/mol. The van der Waals surface area contributed by atoms with Gasteiger partial charge >= 0.3 is 6.03 Å². The highest BCUT2D eigenvalue weighted by Gasteiger charge is 2.11. The third-order valence-electron chi connectivity index (χ3n) is 3.22. The summed E-state index contributed by atoms with van der Waals surface area (Å²) in [5.41, 5.74) is 1.61. The molecule has 1 rings (SSSR count). The fourth-order valence-corrected chi connectivity index (χ4v) is 1.97. The van der Waals surface area contributed by atoms with Gasteiger partial charge in [0.25, 0.3) is 0 Å². The van der Waals surface area contributed by atoms with E-state index in [1.54, 1.807) is 19.1 Å². The average Bonchev–Trinajstić information content (AvgIpc) is 2.52. The van der Waals surface area contributed by atoms with Crippen molar-refractivity contribution in [3.8, 4) is 0 Å². The van der Waals surface area contributed by atoms with Crippen LogP contribution < -0.4 is 21.3 Å². The summed E-state index contributed by atoms with van der Waals surface area (Å²) >= 11 is 0. The normalized spacial score (nSPS) is 11.5. The third-order valence-corrected chi connectivity index (χ3v) is 3.22. The quantitative estimate of drug-likeness (QED) is 0.613. The predicted octanol–water partition coefficient (Wildman–Crippen LogP) is 1.92. The lowest BCUT2D eigenvalue weighted by Gasteiger charge is -2.16. The number of urea groups is 1. The van der Waals surface area contributed by atoms with Crippen LogP contribution >= 0.6 is 0 Å². The van der Waals surface area contributed by atoms with Crippen molar-refractivity contribution in [1.82, 2.24) is 16.0 Å². The van der Waals surface area contributed by atoms with Crippen LogP contribution in [0.5, 0.6) is 0 Å². The van der Waals surface area contributed by atoms with Gasteiger partial charge in [-0.05, 0) is 38.5 Å². The van der Waals surface area contributed by atoms with E-state index in [-0.39, 0.29) is 30.4 Å². The molecule has 1 aromatic rings. The number of anilines is 1. The zero-order valence-corrected chi connectivity index (χ0v) is 14.6. The highest BCUT2D eigenvalue weighted by Crippen LogP contribution is 2.16. The molecule has 7 nitrogen and oxygen atoms in total. The smallest absolute Gasteiger partial charge is 0.315 e. The summed E-state index contributed by atoms with van der Waals surface area (Å²) in [6, 6.07) is 6.64. The first-order valence-corrected chi connectivity index (χ1v) is 8.05. The van der Waals surface area contributed by atoms with Gasteiger partial charge in [-0.2, -0.15) is 0 Å². The maximum atomic E-state index is 11.8. The Kier molecular flexibility index (Phi) is 7.74. The average molecular weight is 334 g/mol. The molecule has 24 heavy (non-hydrogen) atoms. The molecule has 0 fully saturated rings. The van der Waals surface area contributed by atoms with Gasteiger partial charge in [-0.25, -0.2) is 4.79 Å². The molecule has 4 amide bonds. The lowest BCUT2D eigenvalue weighted by molar-refractivity contribution is -0.120. The topological polar surface area (TPSA) is 99.3 Å². The van der Waals surface area contributed by atoms with E-state index >= 15 is 0 Å². The molecule has 7 heteroatoms. The minimum absolute atomic E-state index is 0.0352. The molecule has 0 aliphatic carbocycles. The molecular formula is C17H26N4O3. The second kappa shape index (κ2) is 9.54. The highest BCUT2D eigenvalue weighted by atomic mass is 16.2. The van der Waals surface area contributed by atoms with E-state index in [0.717, 1.165) is 5.56 Å². The lowest BCUT2D eigenvalue weighted by Crippen LogP contribution is -2.44. The maximum absolute atomic E-state index is 11.8. The lowest BCUT2D eigenvalue weighted by atomic mass is 10.1. The molecule has 1 aromatic carbocycles. The second-order valence-corrected chi connectivity index (χ2v) is 5.79. The van der Waals surface area contributed by atoms with Crippen LogP contribution in [0.4, 0.5) is 10.5 Å². The van der Waals surface area contributed by atoms with Gasteiger partial charge < -0.3 is 21.3 Å². The molecule has 0 spiro atoms. The summed E-state index contributed by atoms with van der Waals surface area (Å²) < 4.78 is 0. The Balaban J connectivity index is 2.46. The first-order valence-electron chi connectivity index (χ1n) is 8.05. The van der Waals surface area contributed by atoms with Gasteiger partial charge in [-0.1, -0.05) is 19.1 Å². The van der Waals surface area contributed by atoms with Crippen LogP contribution in [-0.2, 0) is 9.59 Å². The largest absolute Gasteiger partial charge is 0.352 e. The number of nitrogens with one attached hydrogen (secondary N) is 4. The van der Waals surface area contributed by atoms with Crippen molar-refractivity contribution in [1.29, 1.82) is 0 Å². The first-order chi connectivity index (χ1) is 11.3. The summed E-state index contributed by atoms with van der Waals surface area (Å²) in [6.45, 7) is 7.27. The van der Waals surface area contributed by atoms with Crippen molar-refractivity contribution >= 4 is 23.5 Å². The zero-order valence-electron chi connectivity index (χ0n) is 14.6. The van der Waals surface area contributed by atoms with Crippen molar-refractivity contribution < 1.29 is 14.4 Å². The van der Waals surface area contributed by atoms with Crippen LogP contribution in [0.15, 0.2) is 24.3 Å². The van der Waals surface area contributed by atoms with Gasteiger partial charge in [0.05, 0.1) is 12.6 Å². The molecule has 0 saturated carbocycles. The summed E-state index contributed by atoms with van der Waals surface area (Å²) in [5, 5.41) is 10.7. The summed E-state index contributed by atoms with van der Waals surface area (Å²) in [6.07, 6.45) is 0.421. The van der Waals surface area contributed by atoms with E-state index in [9.17, 15) is 14.4 Å². The van der Waals surface area contributed by atoms with Gasteiger partial charge in [-0.3, -0.25) is 9.59 Å². The van der Waals surface area contributed by atoms with E-state index in [2.05, 4.69) is 21.3 Å². The molecule has 132 valence electrons. The van der Waals surface area contributed by atoms with Crippen LogP contribution in [0.25, 0.3) is 0 Å². The molecule has 0 heterocycles. The highest BCUT2D eigenvalue weighted by molar-refractivity contribution is 5.90. The standard InChI is InChI=1S/C17H26N4O3/c1-5-15(22)21-14-8-6-13(7-9-14)12(4)20-17(24)18-10-16(23)19-11(2)3/h6-9,11-12H,5,10H2,1-4H3,(H,19,23)(H,21,22)(H2,18,20,24)/t12-/m1/s1. The van der Waals surface area contributed by atoms with E-state index in [4.69, 9.17) is 0 Å². The van der Waals surface area contributed by atoms with Gasteiger partial charge in [0.15, 0.2) is 0 Å². The van der Waals surface area contributed by atoms with Gasteiger partial charge in [-0.15, -0.1) is 0 Å². The Morgan fingerprint density at radius 1 is 0.958 bits per heavy atom. The fraction of sp³-hybridized carbons (Fsp3) is 0.471. The van der Waals surface area contributed by atoms with E-state index in [1.165, 1.54) is 0 Å². The van der Waals surface area contributed by atoms with E-state index in [1.807, 2.05) is 32.9 Å². The second-order valence-electron chi connectivity index (χ2n) is 5.79. The van der Waals surface area contributed by atoms with Crippen LogP contribution in [0.2, 0.25) is 0 Å². The summed E-state index contributed by atoms with van der Waals surface area (Å²) in [4.78, 5) is 34.6. The molecule has 0 unspecified atom stereocenters. The Morgan fingerprint density at radius 3 is 2.12 bits per heavy atom. The zero-order chi connectivity index (χ0) is 18.1. The fourth-order valence-electron chi connectivity index (χ4n) is 1.97. The predicted molar refractivity (Wildman–Crippen MR) is 93.6 cm³/mol. The van der Waals surface area contributed by atoms with Crippen LogP contribution in [0.3, 0.4) is 0 Å². The van der Waals surface area contributed by atoms with Gasteiger partial charge in [0.1, 0.15) is 0 Å². The Bertz CT molecular complexity index is 570. The van der Waals surface area contributed by atoms with Crippen molar-refractivity contribution in [2.75, 3.05) is 11.9 Å². The van der Waals surface area contributed by atoms with Crippen molar-refractivity contribution in [2.45, 2.75) is 46.2 Å². The Morgan fingerprint density at radius 2 is 1.58 bits per heavy atom. The monoisotopic (exact) mass is 334 g/mol. The number of hydrogen-bond donors (Lipinski definition) is 4. The molecule has 1 atom stereocenters. The molecule has 0 bridgehead atoms. The third kappa shape index (κ3) is 7.13. The molecule has 0 aromatic heterocycles. The molecule has 0 aliphatic heterocycles. The SMILES string of the molecule is CCC(=O)Nc1ccc([C@@H](C)NC(=O)NCC(=O)NC(C)C)cc1. The minimum Gasteiger partial charge on any atom is -0.352 e. The molecule has 4 N–H and O–H groups in total. The van der Waals surface area contributed by atoms with E-state index < -0.39 is 6.03 Å². The summed E-state index contributed by atoms with van der Waals surface area (Å²) in [5.74, 6) is -0.281. The molecule has 0 radical (unpaired) electrons. The Labute approximate surface area is 142 Å². The van der Waals surface area contributed by atoms with Crippen LogP contribution in [0, 0.1) is 0 Å². The summed E-state index contributed by atoms with van der Waals surface area (Å²) in [7, 11) is 0. The number of benzene rings is 1. The Hall–Kier alpha value is -2.57. The first kappa shape index (κ1) is 19.5. The van der Waals surface area contributed by atoms with Crippen molar-refractivity contribution in [2.24, 2.45) is 0 Å². The minimum atomic E-state index is -0.412. The number of carbonyl (C=O) groups is 3. The molecule has 0 saturated heterocycles. The number of carbonyl (C=O) groups excluding carboxylic acids is 3. The van der Waals surface area contributed by atoms with Crippen LogP contribution in [0.1, 0.15) is 45.7 Å². The van der Waals surface area contributed by atoms with Crippen molar-refractivity contribution in [3.63, 3.8) is 0 Å². The number of amides is 4. The number of hydrogen-bond acceptors (Lipinski definition) is 3. The van der Waals surface area contributed by atoms with Gasteiger partial charge in [0, 0.05) is 18.2 Å². The number of rotatable bonds is 7. The van der Waals surface area contributed by atoms with Crippen LogP contribution in [-0.4, -0.2) is 30.4 Å². The molecule has 0 aliphatic rings. The van der Waals surface area contributed by atoms with E-state index in [0.29, 0.717) is 12.1 Å².